The molecule has 0 aliphatic heterocycles. The van der Waals surface area contributed by atoms with Crippen molar-refractivity contribution in [1.29, 1.82) is 0 Å². The number of nitrogens with two attached hydrogens (primary N) is 1. The topological polar surface area (TPSA) is 65.2 Å². The molecule has 0 unspecified atom stereocenters. The van der Waals surface area contributed by atoms with Gasteiger partial charge >= 0.3 is 0 Å². The van der Waals surface area contributed by atoms with Gasteiger partial charge in [0.15, 0.2) is 11.6 Å². The Labute approximate surface area is 91.6 Å². The Hall–Kier alpha value is -2.23. The molecule has 4 nitrogen and oxygen atoms in total. The summed E-state index contributed by atoms with van der Waals surface area (Å²) in [6.45, 7) is 2.00. The highest BCUT2D eigenvalue weighted by molar-refractivity contribution is 5.84. The standard InChI is InChI=1S/C12H10N2O2/c1-7-3-2-4-8-5-9(15-12(7)8)10-6-11(13)14-16-10/h2-6H,1H3,(H2,13,14). The maximum atomic E-state index is 5.71. The normalized spacial score (nSPS) is 11.1. The van der Waals surface area contributed by atoms with Crippen molar-refractivity contribution in [2.45, 2.75) is 6.92 Å². The lowest BCUT2D eigenvalue weighted by Crippen LogP contribution is -1.79. The predicted molar refractivity (Wildman–Crippen MR) is 60.9 cm³/mol. The second-order valence-electron chi connectivity index (χ2n) is 3.72. The van der Waals surface area contributed by atoms with Gasteiger partial charge in [0, 0.05) is 11.5 Å². The van der Waals surface area contributed by atoms with Gasteiger partial charge in [0.05, 0.1) is 0 Å². The van der Waals surface area contributed by atoms with E-state index in [2.05, 4.69) is 5.16 Å². The molecule has 0 atom stereocenters. The van der Waals surface area contributed by atoms with Gasteiger partial charge < -0.3 is 14.7 Å². The zero-order chi connectivity index (χ0) is 11.1. The van der Waals surface area contributed by atoms with Gasteiger partial charge in [-0.15, -0.1) is 0 Å². The largest absolute Gasteiger partial charge is 0.452 e. The van der Waals surface area contributed by atoms with E-state index in [0.29, 0.717) is 17.3 Å². The fraction of sp³-hybridized carbons (Fsp3) is 0.0833. The Morgan fingerprint density at radius 1 is 1.19 bits per heavy atom. The molecular weight excluding hydrogens is 204 g/mol. The first-order valence-corrected chi connectivity index (χ1v) is 4.96. The predicted octanol–water partition coefficient (Wildman–Crippen LogP) is 2.98. The molecule has 80 valence electrons. The highest BCUT2D eigenvalue weighted by Crippen LogP contribution is 2.30. The highest BCUT2D eigenvalue weighted by Gasteiger charge is 2.11. The molecule has 2 N–H and O–H groups in total. The fourth-order valence-corrected chi connectivity index (χ4v) is 1.74. The molecule has 0 amide bonds. The van der Waals surface area contributed by atoms with E-state index >= 15 is 0 Å². The number of para-hydroxylation sites is 1. The number of fused-ring (bicyclic) bond motifs is 1. The maximum absolute atomic E-state index is 5.71. The van der Waals surface area contributed by atoms with Crippen LogP contribution in [0.5, 0.6) is 0 Å². The molecule has 0 spiro atoms. The number of nitrogens with zero attached hydrogens (tertiary/aromatic N) is 1. The number of hydrogen-bond donors (Lipinski definition) is 1. The van der Waals surface area contributed by atoms with E-state index in [1.54, 1.807) is 6.07 Å². The maximum Gasteiger partial charge on any atom is 0.204 e. The Morgan fingerprint density at radius 3 is 2.75 bits per heavy atom. The van der Waals surface area contributed by atoms with Crippen molar-refractivity contribution < 1.29 is 8.94 Å². The van der Waals surface area contributed by atoms with E-state index in [0.717, 1.165) is 16.5 Å². The van der Waals surface area contributed by atoms with E-state index in [1.165, 1.54) is 0 Å². The van der Waals surface area contributed by atoms with Crippen molar-refractivity contribution in [3.05, 3.63) is 35.9 Å². The average molecular weight is 214 g/mol. The Bertz CT molecular complexity index is 652. The van der Waals surface area contributed by atoms with E-state index in [1.807, 2.05) is 31.2 Å². The molecule has 0 saturated heterocycles. The summed E-state index contributed by atoms with van der Waals surface area (Å²) in [6.07, 6.45) is 0. The zero-order valence-corrected chi connectivity index (χ0v) is 8.73. The summed E-state index contributed by atoms with van der Waals surface area (Å²) in [4.78, 5) is 0. The van der Waals surface area contributed by atoms with Crippen LogP contribution in [0.3, 0.4) is 0 Å². The first-order valence-electron chi connectivity index (χ1n) is 4.96. The van der Waals surface area contributed by atoms with Crippen LogP contribution in [0.4, 0.5) is 5.82 Å². The van der Waals surface area contributed by atoms with Gasteiger partial charge in [0.25, 0.3) is 0 Å². The summed E-state index contributed by atoms with van der Waals surface area (Å²) in [6, 6.07) is 9.56. The molecule has 3 rings (SSSR count). The van der Waals surface area contributed by atoms with Crippen LogP contribution in [0.25, 0.3) is 22.5 Å². The van der Waals surface area contributed by atoms with Crippen molar-refractivity contribution in [3.8, 4) is 11.5 Å². The third kappa shape index (κ3) is 1.27. The molecule has 16 heavy (non-hydrogen) atoms. The van der Waals surface area contributed by atoms with Crippen LogP contribution >= 0.6 is 0 Å². The van der Waals surface area contributed by atoms with Gasteiger partial charge in [-0.1, -0.05) is 23.4 Å². The van der Waals surface area contributed by atoms with Crippen molar-refractivity contribution in [2.75, 3.05) is 5.73 Å². The van der Waals surface area contributed by atoms with Crippen LogP contribution in [0.15, 0.2) is 39.3 Å². The lowest BCUT2D eigenvalue weighted by Gasteiger charge is -1.91. The Kier molecular flexibility index (Phi) is 1.77. The summed E-state index contributed by atoms with van der Waals surface area (Å²) in [7, 11) is 0. The van der Waals surface area contributed by atoms with Gasteiger partial charge in [-0.2, -0.15) is 0 Å². The Morgan fingerprint density at radius 2 is 2.06 bits per heavy atom. The molecule has 2 aromatic heterocycles. The smallest absolute Gasteiger partial charge is 0.204 e. The van der Waals surface area contributed by atoms with Crippen molar-refractivity contribution >= 4 is 16.8 Å². The lowest BCUT2D eigenvalue weighted by molar-refractivity contribution is 0.424. The number of aromatic nitrogens is 1. The molecule has 0 radical (unpaired) electrons. The van der Waals surface area contributed by atoms with Crippen molar-refractivity contribution in [3.63, 3.8) is 0 Å². The summed E-state index contributed by atoms with van der Waals surface area (Å²) in [5, 5.41) is 4.67. The van der Waals surface area contributed by atoms with E-state index in [4.69, 9.17) is 14.7 Å². The zero-order valence-electron chi connectivity index (χ0n) is 8.73. The minimum absolute atomic E-state index is 0.354. The van der Waals surface area contributed by atoms with Crippen LogP contribution in [0.2, 0.25) is 0 Å². The molecule has 1 aromatic carbocycles. The second kappa shape index (κ2) is 3.13. The highest BCUT2D eigenvalue weighted by atomic mass is 16.5. The second-order valence-corrected chi connectivity index (χ2v) is 3.72. The van der Waals surface area contributed by atoms with Crippen LogP contribution < -0.4 is 5.73 Å². The number of rotatable bonds is 1. The van der Waals surface area contributed by atoms with Gasteiger partial charge in [0.1, 0.15) is 5.58 Å². The van der Waals surface area contributed by atoms with Gasteiger partial charge in [-0.25, -0.2) is 0 Å². The molecular formula is C12H10N2O2. The summed E-state index contributed by atoms with van der Waals surface area (Å²) < 4.78 is 10.8. The van der Waals surface area contributed by atoms with Gasteiger partial charge in [0.2, 0.25) is 5.76 Å². The molecule has 0 aliphatic carbocycles. The first-order chi connectivity index (χ1) is 7.74. The number of anilines is 1. The minimum Gasteiger partial charge on any atom is -0.452 e. The fourth-order valence-electron chi connectivity index (χ4n) is 1.74. The molecule has 0 aliphatic rings. The lowest BCUT2D eigenvalue weighted by atomic mass is 10.2. The molecule has 3 aromatic rings. The van der Waals surface area contributed by atoms with E-state index in [9.17, 15) is 0 Å². The summed E-state index contributed by atoms with van der Waals surface area (Å²) >= 11 is 0. The molecule has 0 bridgehead atoms. The van der Waals surface area contributed by atoms with Crippen LogP contribution in [0.1, 0.15) is 5.56 Å². The van der Waals surface area contributed by atoms with E-state index in [-0.39, 0.29) is 0 Å². The number of benzene rings is 1. The summed E-state index contributed by atoms with van der Waals surface area (Å²) in [5.41, 5.74) is 7.46. The third-order valence-electron chi connectivity index (χ3n) is 2.51. The molecule has 2 heterocycles. The van der Waals surface area contributed by atoms with Gasteiger partial charge in [-0.3, -0.25) is 0 Å². The van der Waals surface area contributed by atoms with Crippen LogP contribution in [0, 0.1) is 6.92 Å². The third-order valence-corrected chi connectivity index (χ3v) is 2.51. The monoisotopic (exact) mass is 214 g/mol. The number of nitrogen functional groups attached to an aromatic ring is 1. The summed E-state index contributed by atoms with van der Waals surface area (Å²) in [5.74, 6) is 1.55. The number of furan rings is 1. The first kappa shape index (κ1) is 9.03. The number of hydrogen-bond acceptors (Lipinski definition) is 4. The van der Waals surface area contributed by atoms with Crippen LogP contribution in [-0.2, 0) is 0 Å². The minimum atomic E-state index is 0.354. The van der Waals surface area contributed by atoms with Crippen LogP contribution in [-0.4, -0.2) is 5.16 Å². The average Bonchev–Trinajstić information content (AvgIpc) is 2.84. The van der Waals surface area contributed by atoms with Crippen molar-refractivity contribution in [1.82, 2.24) is 5.16 Å². The van der Waals surface area contributed by atoms with Gasteiger partial charge in [-0.05, 0) is 18.6 Å². The molecule has 4 heteroatoms. The van der Waals surface area contributed by atoms with E-state index < -0.39 is 0 Å². The number of aryl methyl sites for hydroxylation is 1. The SMILES string of the molecule is Cc1cccc2cc(-c3cc(N)no3)oc12. The Balaban J connectivity index is 2.22. The quantitative estimate of drug-likeness (QED) is 0.676. The van der Waals surface area contributed by atoms with Crippen molar-refractivity contribution in [2.24, 2.45) is 0 Å². The molecule has 0 saturated carbocycles. The molecule has 0 fully saturated rings.